The number of benzene rings is 1. The molecule has 1 aromatic heterocycles. The van der Waals surface area contributed by atoms with Crippen LogP contribution in [-0.2, 0) is 22.4 Å². The Bertz CT molecular complexity index is 839. The van der Waals surface area contributed by atoms with Crippen molar-refractivity contribution in [2.24, 2.45) is 11.7 Å². The van der Waals surface area contributed by atoms with Crippen molar-refractivity contribution in [1.29, 1.82) is 0 Å². The molecule has 0 saturated heterocycles. The summed E-state index contributed by atoms with van der Waals surface area (Å²) in [5.41, 5.74) is 8.30. The van der Waals surface area contributed by atoms with Crippen LogP contribution in [0, 0.1) is 5.92 Å². The number of amides is 2. The number of primary amides is 1. The summed E-state index contributed by atoms with van der Waals surface area (Å²) in [5.74, 6) is -0.676. The van der Waals surface area contributed by atoms with Crippen LogP contribution in [0.25, 0.3) is 10.9 Å². The average Bonchev–Trinajstić information content (AvgIpc) is 2.96. The molecular weight excluding hydrogens is 328 g/mol. The molecule has 6 nitrogen and oxygen atoms in total. The lowest BCUT2D eigenvalue weighted by Gasteiger charge is -2.42. The summed E-state index contributed by atoms with van der Waals surface area (Å²) >= 11 is 0. The van der Waals surface area contributed by atoms with Gasteiger partial charge in [0.25, 0.3) is 0 Å². The second kappa shape index (κ2) is 6.76. The van der Waals surface area contributed by atoms with Crippen LogP contribution in [0.3, 0.4) is 0 Å². The van der Waals surface area contributed by atoms with E-state index in [2.05, 4.69) is 22.4 Å². The Hall–Kier alpha value is -2.34. The Morgan fingerprint density at radius 2 is 1.96 bits per heavy atom. The van der Waals surface area contributed by atoms with Crippen molar-refractivity contribution in [1.82, 2.24) is 15.2 Å². The second-order valence-corrected chi connectivity index (χ2v) is 7.83. The smallest absolute Gasteiger partial charge is 0.241 e. The first-order valence-corrected chi connectivity index (χ1v) is 9.12. The van der Waals surface area contributed by atoms with Crippen LogP contribution in [0.1, 0.15) is 31.5 Å². The van der Waals surface area contributed by atoms with E-state index in [1.807, 2.05) is 45.0 Å². The van der Waals surface area contributed by atoms with E-state index in [0.717, 1.165) is 17.3 Å². The Morgan fingerprint density at radius 1 is 1.27 bits per heavy atom. The molecule has 0 radical (unpaired) electrons. The molecule has 3 rings (SSSR count). The Morgan fingerprint density at radius 3 is 2.58 bits per heavy atom. The zero-order chi connectivity index (χ0) is 19.1. The Kier molecular flexibility index (Phi) is 4.80. The van der Waals surface area contributed by atoms with Gasteiger partial charge in [-0.05, 0) is 44.5 Å². The number of aromatic nitrogens is 1. The van der Waals surface area contributed by atoms with Gasteiger partial charge in [0.1, 0.15) is 11.6 Å². The quantitative estimate of drug-likeness (QED) is 0.760. The van der Waals surface area contributed by atoms with Crippen LogP contribution in [0.2, 0.25) is 0 Å². The van der Waals surface area contributed by atoms with E-state index in [-0.39, 0.29) is 11.8 Å². The van der Waals surface area contributed by atoms with E-state index in [4.69, 9.17) is 5.73 Å². The molecule has 26 heavy (non-hydrogen) atoms. The first-order chi connectivity index (χ1) is 12.3. The zero-order valence-electron chi connectivity index (χ0n) is 15.9. The summed E-state index contributed by atoms with van der Waals surface area (Å²) in [4.78, 5) is 30.5. The van der Waals surface area contributed by atoms with Crippen molar-refractivity contribution in [3.8, 4) is 0 Å². The molecule has 1 aliphatic carbocycles. The number of hydrogen-bond acceptors (Lipinski definition) is 3. The topological polar surface area (TPSA) is 91.2 Å². The largest absolute Gasteiger partial charge is 0.368 e. The highest BCUT2D eigenvalue weighted by atomic mass is 16.2. The lowest BCUT2D eigenvalue weighted by molar-refractivity contribution is -0.137. The van der Waals surface area contributed by atoms with E-state index >= 15 is 0 Å². The molecule has 1 aromatic carbocycles. The van der Waals surface area contributed by atoms with Gasteiger partial charge in [0, 0.05) is 23.0 Å². The number of likely N-dealkylation sites (N-methyl/N-ethyl adjacent to an activating group) is 1. The predicted molar refractivity (Wildman–Crippen MR) is 103 cm³/mol. The lowest BCUT2D eigenvalue weighted by atomic mass is 9.77. The minimum Gasteiger partial charge on any atom is -0.368 e. The number of nitrogens with one attached hydrogen (secondary N) is 2. The van der Waals surface area contributed by atoms with Gasteiger partial charge >= 0.3 is 0 Å². The molecule has 0 fully saturated rings. The standard InChI is InChI=1S/C20H28N4O2/c1-12(2)17(18(21)25)23-19(26)20(24(3)4)10-9-16-14(11-20)13-7-5-6-8-15(13)22-16/h5-8,12,17,22H,9-11H2,1-4H3,(H2,21,25)(H,23,26)/t17-,20+/m0/s1. The molecule has 0 aliphatic heterocycles. The van der Waals surface area contributed by atoms with Crippen molar-refractivity contribution in [3.05, 3.63) is 35.5 Å². The van der Waals surface area contributed by atoms with Crippen LogP contribution in [0.5, 0.6) is 0 Å². The van der Waals surface area contributed by atoms with Crippen molar-refractivity contribution < 1.29 is 9.59 Å². The van der Waals surface area contributed by atoms with Crippen molar-refractivity contribution in [3.63, 3.8) is 0 Å². The third-order valence-corrected chi connectivity index (χ3v) is 5.70. The normalized spacial score (nSPS) is 21.0. The number of aromatic amines is 1. The molecular formula is C20H28N4O2. The molecule has 1 aliphatic rings. The highest BCUT2D eigenvalue weighted by molar-refractivity contribution is 5.93. The van der Waals surface area contributed by atoms with Crippen LogP contribution >= 0.6 is 0 Å². The first kappa shape index (κ1) is 18.5. The number of H-pyrrole nitrogens is 1. The minimum atomic E-state index is -0.694. The average molecular weight is 356 g/mol. The summed E-state index contributed by atoms with van der Waals surface area (Å²) in [6.45, 7) is 3.77. The van der Waals surface area contributed by atoms with E-state index in [1.165, 1.54) is 11.3 Å². The Labute approximate surface area is 154 Å². The third kappa shape index (κ3) is 2.98. The van der Waals surface area contributed by atoms with Gasteiger partial charge < -0.3 is 16.0 Å². The van der Waals surface area contributed by atoms with Crippen LogP contribution < -0.4 is 11.1 Å². The van der Waals surface area contributed by atoms with Crippen molar-refractivity contribution in [2.75, 3.05) is 14.1 Å². The molecule has 0 saturated carbocycles. The number of para-hydroxylation sites is 1. The van der Waals surface area contributed by atoms with Gasteiger partial charge in [0.2, 0.25) is 11.8 Å². The number of aryl methyl sites for hydroxylation is 1. The summed E-state index contributed by atoms with van der Waals surface area (Å²) in [6.07, 6.45) is 2.09. The number of carbonyl (C=O) groups excluding carboxylic acids is 2. The zero-order valence-corrected chi connectivity index (χ0v) is 15.9. The molecule has 2 aromatic rings. The van der Waals surface area contributed by atoms with Crippen molar-refractivity contribution >= 4 is 22.7 Å². The van der Waals surface area contributed by atoms with Crippen LogP contribution in [0.15, 0.2) is 24.3 Å². The van der Waals surface area contributed by atoms with Crippen LogP contribution in [-0.4, -0.2) is 47.4 Å². The van der Waals surface area contributed by atoms with Gasteiger partial charge in [-0.25, -0.2) is 0 Å². The van der Waals surface area contributed by atoms with E-state index in [0.29, 0.717) is 12.8 Å². The number of carbonyl (C=O) groups is 2. The molecule has 1 heterocycles. The van der Waals surface area contributed by atoms with Gasteiger partial charge in [-0.1, -0.05) is 32.0 Å². The summed E-state index contributed by atoms with van der Waals surface area (Å²) < 4.78 is 0. The molecule has 140 valence electrons. The third-order valence-electron chi connectivity index (χ3n) is 5.70. The fraction of sp³-hybridized carbons (Fsp3) is 0.500. The van der Waals surface area contributed by atoms with Crippen molar-refractivity contribution in [2.45, 2.75) is 44.7 Å². The number of fused-ring (bicyclic) bond motifs is 3. The number of rotatable bonds is 5. The summed E-state index contributed by atoms with van der Waals surface area (Å²) in [6, 6.07) is 7.52. The van der Waals surface area contributed by atoms with Gasteiger partial charge in [-0.3, -0.25) is 14.5 Å². The van der Waals surface area contributed by atoms with Gasteiger partial charge in [-0.2, -0.15) is 0 Å². The molecule has 2 amide bonds. The maximum atomic E-state index is 13.3. The predicted octanol–water partition coefficient (Wildman–Crippen LogP) is 1.58. The van der Waals surface area contributed by atoms with Crippen LogP contribution in [0.4, 0.5) is 0 Å². The molecule has 0 bridgehead atoms. The van der Waals surface area contributed by atoms with E-state index < -0.39 is 17.5 Å². The molecule has 0 spiro atoms. The molecule has 6 heteroatoms. The van der Waals surface area contributed by atoms with Gasteiger partial charge in [-0.15, -0.1) is 0 Å². The van der Waals surface area contributed by atoms with Gasteiger partial charge in [0.15, 0.2) is 0 Å². The minimum absolute atomic E-state index is 0.0529. The second-order valence-electron chi connectivity index (χ2n) is 7.83. The maximum absolute atomic E-state index is 13.3. The fourth-order valence-electron chi connectivity index (χ4n) is 4.00. The molecule has 4 N–H and O–H groups in total. The Balaban J connectivity index is 1.97. The molecule has 2 atom stereocenters. The van der Waals surface area contributed by atoms with E-state index in [1.54, 1.807) is 0 Å². The van der Waals surface area contributed by atoms with E-state index in [9.17, 15) is 9.59 Å². The highest BCUT2D eigenvalue weighted by Gasteiger charge is 2.45. The summed E-state index contributed by atoms with van der Waals surface area (Å²) in [5, 5.41) is 4.08. The molecule has 0 unspecified atom stereocenters. The monoisotopic (exact) mass is 356 g/mol. The summed E-state index contributed by atoms with van der Waals surface area (Å²) in [7, 11) is 3.85. The number of hydrogen-bond donors (Lipinski definition) is 3. The SMILES string of the molecule is CC(C)[C@H](NC(=O)[C@@]1(N(C)C)CCc2[nH]c3ccccc3c2C1)C(N)=O. The lowest BCUT2D eigenvalue weighted by Crippen LogP contribution is -2.62. The van der Waals surface area contributed by atoms with Gasteiger partial charge in [0.05, 0.1) is 0 Å². The number of nitrogens with zero attached hydrogens (tertiary/aromatic N) is 1. The fourth-order valence-corrected chi connectivity index (χ4v) is 4.00. The highest BCUT2D eigenvalue weighted by Crippen LogP contribution is 2.36. The number of nitrogens with two attached hydrogens (primary N) is 1. The first-order valence-electron chi connectivity index (χ1n) is 9.12. The maximum Gasteiger partial charge on any atom is 0.241 e.